The number of hydrogen-bond donors (Lipinski definition) is 2. The van der Waals surface area contributed by atoms with E-state index in [2.05, 4.69) is 10.4 Å². The predicted molar refractivity (Wildman–Crippen MR) is 77.0 cm³/mol. The van der Waals surface area contributed by atoms with E-state index < -0.39 is 0 Å². The van der Waals surface area contributed by atoms with Crippen molar-refractivity contribution in [2.45, 2.75) is 6.92 Å². The maximum absolute atomic E-state index is 12.0. The molecule has 2 aromatic rings. The Kier molecular flexibility index (Phi) is 4.37. The summed E-state index contributed by atoms with van der Waals surface area (Å²) in [6.45, 7) is 2.13. The number of likely N-dealkylation sites (N-methyl/N-ethyl adjacent to an activating group) is 1. The lowest BCUT2D eigenvalue weighted by Crippen LogP contribution is -2.33. The fourth-order valence-electron chi connectivity index (χ4n) is 1.79. The second-order valence-corrected chi connectivity index (χ2v) is 4.49. The average Bonchev–Trinajstić information content (AvgIpc) is 2.86. The largest absolute Gasteiger partial charge is 0.395 e. The van der Waals surface area contributed by atoms with Gasteiger partial charge in [-0.05, 0) is 25.1 Å². The van der Waals surface area contributed by atoms with Crippen LogP contribution in [0.2, 0.25) is 0 Å². The summed E-state index contributed by atoms with van der Waals surface area (Å²) in [6.07, 6.45) is 1.85. The molecule has 106 valence electrons. The average molecular weight is 274 g/mol. The number of nitrogens with zero attached hydrogens (tertiary/aromatic N) is 3. The lowest BCUT2D eigenvalue weighted by molar-refractivity contribution is 0.202. The lowest BCUT2D eigenvalue weighted by Gasteiger charge is -2.18. The molecule has 1 aromatic heterocycles. The Bertz CT molecular complexity index is 594. The number of aliphatic hydroxyl groups is 1. The number of aryl methyl sites for hydroxylation is 1. The first-order valence-electron chi connectivity index (χ1n) is 6.36. The van der Waals surface area contributed by atoms with E-state index in [1.54, 1.807) is 11.7 Å². The Balaban J connectivity index is 2.22. The molecule has 0 radical (unpaired) electrons. The van der Waals surface area contributed by atoms with Crippen molar-refractivity contribution in [3.8, 4) is 5.69 Å². The van der Waals surface area contributed by atoms with Gasteiger partial charge in [0.05, 0.1) is 23.7 Å². The Labute approximate surface area is 117 Å². The second kappa shape index (κ2) is 6.21. The summed E-state index contributed by atoms with van der Waals surface area (Å²) in [5, 5.41) is 16.0. The highest BCUT2D eigenvalue weighted by molar-refractivity contribution is 5.91. The van der Waals surface area contributed by atoms with Crippen LogP contribution in [0.4, 0.5) is 10.5 Å². The van der Waals surface area contributed by atoms with Gasteiger partial charge < -0.3 is 15.3 Å². The van der Waals surface area contributed by atoms with Gasteiger partial charge in [-0.1, -0.05) is 12.1 Å². The molecule has 1 aromatic carbocycles. The molecule has 0 aliphatic heterocycles. The normalized spacial score (nSPS) is 10.3. The Morgan fingerprint density at radius 2 is 2.15 bits per heavy atom. The van der Waals surface area contributed by atoms with Crippen LogP contribution in [0.3, 0.4) is 0 Å². The molecular weight excluding hydrogens is 256 g/mol. The fourth-order valence-corrected chi connectivity index (χ4v) is 1.79. The number of nitrogens with one attached hydrogen (secondary N) is 1. The number of rotatable bonds is 4. The van der Waals surface area contributed by atoms with Crippen molar-refractivity contribution < 1.29 is 9.90 Å². The molecule has 2 rings (SSSR count). The Morgan fingerprint density at radius 3 is 2.80 bits per heavy atom. The third-order valence-corrected chi connectivity index (χ3v) is 2.90. The third kappa shape index (κ3) is 3.16. The molecule has 20 heavy (non-hydrogen) atoms. The van der Waals surface area contributed by atoms with E-state index in [9.17, 15) is 4.79 Å². The summed E-state index contributed by atoms with van der Waals surface area (Å²) < 4.78 is 1.72. The predicted octanol–water partition coefficient (Wildman–Crippen LogP) is 1.64. The molecule has 0 saturated carbocycles. The van der Waals surface area contributed by atoms with Crippen LogP contribution in [0.25, 0.3) is 5.69 Å². The summed E-state index contributed by atoms with van der Waals surface area (Å²) in [6, 6.07) is 9.07. The van der Waals surface area contributed by atoms with Gasteiger partial charge in [0.1, 0.15) is 0 Å². The Hall–Kier alpha value is -2.34. The first-order chi connectivity index (χ1) is 9.61. The topological polar surface area (TPSA) is 70.4 Å². The highest BCUT2D eigenvalue weighted by Crippen LogP contribution is 2.19. The summed E-state index contributed by atoms with van der Waals surface area (Å²) in [5.41, 5.74) is 2.38. The number of carbonyl (C=O) groups excluding carboxylic acids is 1. The van der Waals surface area contributed by atoms with E-state index >= 15 is 0 Å². The van der Waals surface area contributed by atoms with E-state index in [-0.39, 0.29) is 19.2 Å². The summed E-state index contributed by atoms with van der Waals surface area (Å²) in [4.78, 5) is 13.4. The molecule has 0 fully saturated rings. The molecule has 1 heterocycles. The van der Waals surface area contributed by atoms with Crippen LogP contribution in [-0.2, 0) is 0 Å². The van der Waals surface area contributed by atoms with Crippen molar-refractivity contribution >= 4 is 11.7 Å². The van der Waals surface area contributed by atoms with Gasteiger partial charge in [-0.2, -0.15) is 5.10 Å². The number of anilines is 1. The quantitative estimate of drug-likeness (QED) is 0.890. The molecule has 6 nitrogen and oxygen atoms in total. The number of urea groups is 1. The molecule has 2 N–H and O–H groups in total. The van der Waals surface area contributed by atoms with E-state index in [1.165, 1.54) is 4.90 Å². The lowest BCUT2D eigenvalue weighted by atomic mass is 10.2. The maximum Gasteiger partial charge on any atom is 0.321 e. The van der Waals surface area contributed by atoms with Crippen LogP contribution in [0, 0.1) is 6.92 Å². The van der Waals surface area contributed by atoms with E-state index in [4.69, 9.17) is 5.11 Å². The molecule has 0 bridgehead atoms. The summed E-state index contributed by atoms with van der Waals surface area (Å²) >= 11 is 0. The van der Waals surface area contributed by atoms with Gasteiger partial charge in [-0.3, -0.25) is 0 Å². The van der Waals surface area contributed by atoms with Crippen LogP contribution in [0.5, 0.6) is 0 Å². The molecule has 0 unspecified atom stereocenters. The number of hydrogen-bond acceptors (Lipinski definition) is 3. The van der Waals surface area contributed by atoms with Gasteiger partial charge in [-0.15, -0.1) is 0 Å². The number of carbonyl (C=O) groups is 1. The highest BCUT2D eigenvalue weighted by Gasteiger charge is 2.11. The minimum Gasteiger partial charge on any atom is -0.395 e. The molecule has 0 atom stereocenters. The van der Waals surface area contributed by atoms with Crippen molar-refractivity contribution in [2.75, 3.05) is 25.5 Å². The van der Waals surface area contributed by atoms with Crippen molar-refractivity contribution in [3.05, 3.63) is 42.2 Å². The van der Waals surface area contributed by atoms with Crippen molar-refractivity contribution in [2.24, 2.45) is 0 Å². The molecule has 0 spiro atoms. The SMILES string of the molecule is Cc1ccn(-c2ccccc2NC(=O)N(C)CCO)n1. The van der Waals surface area contributed by atoms with Gasteiger partial charge in [0, 0.05) is 19.8 Å². The number of amides is 2. The van der Waals surface area contributed by atoms with E-state index in [0.717, 1.165) is 11.4 Å². The standard InChI is InChI=1S/C14H18N4O2/c1-11-7-8-18(16-11)13-6-4-3-5-12(13)15-14(20)17(2)9-10-19/h3-8,19H,9-10H2,1-2H3,(H,15,20). The number of aromatic nitrogens is 2. The smallest absolute Gasteiger partial charge is 0.321 e. The monoisotopic (exact) mass is 274 g/mol. The third-order valence-electron chi connectivity index (χ3n) is 2.90. The zero-order valence-corrected chi connectivity index (χ0v) is 11.6. The zero-order valence-electron chi connectivity index (χ0n) is 11.6. The molecule has 6 heteroatoms. The van der Waals surface area contributed by atoms with Crippen LogP contribution in [0.1, 0.15) is 5.69 Å². The minimum atomic E-state index is -0.268. The molecule has 0 saturated heterocycles. The van der Waals surface area contributed by atoms with E-state index in [0.29, 0.717) is 5.69 Å². The highest BCUT2D eigenvalue weighted by atomic mass is 16.3. The van der Waals surface area contributed by atoms with Crippen molar-refractivity contribution in [1.82, 2.24) is 14.7 Å². The maximum atomic E-state index is 12.0. The van der Waals surface area contributed by atoms with Crippen LogP contribution in [-0.4, -0.2) is 46.0 Å². The first-order valence-corrected chi connectivity index (χ1v) is 6.36. The van der Waals surface area contributed by atoms with Gasteiger partial charge >= 0.3 is 6.03 Å². The Morgan fingerprint density at radius 1 is 1.40 bits per heavy atom. The minimum absolute atomic E-state index is 0.0656. The molecule has 2 amide bonds. The number of benzene rings is 1. The van der Waals surface area contributed by atoms with Crippen LogP contribution < -0.4 is 5.32 Å². The van der Waals surface area contributed by atoms with E-state index in [1.807, 2.05) is 43.5 Å². The van der Waals surface area contributed by atoms with Crippen LogP contribution >= 0.6 is 0 Å². The second-order valence-electron chi connectivity index (χ2n) is 4.49. The number of para-hydroxylation sites is 2. The zero-order chi connectivity index (χ0) is 14.5. The molecular formula is C14H18N4O2. The van der Waals surface area contributed by atoms with Gasteiger partial charge in [0.2, 0.25) is 0 Å². The molecule has 0 aliphatic rings. The van der Waals surface area contributed by atoms with Gasteiger partial charge in [0.15, 0.2) is 0 Å². The summed E-state index contributed by atoms with van der Waals surface area (Å²) in [5.74, 6) is 0. The molecule has 0 aliphatic carbocycles. The number of aliphatic hydroxyl groups excluding tert-OH is 1. The summed E-state index contributed by atoms with van der Waals surface area (Å²) in [7, 11) is 1.63. The first kappa shape index (κ1) is 14.1. The van der Waals surface area contributed by atoms with Crippen molar-refractivity contribution in [1.29, 1.82) is 0 Å². The van der Waals surface area contributed by atoms with Crippen molar-refractivity contribution in [3.63, 3.8) is 0 Å². The van der Waals surface area contributed by atoms with Crippen LogP contribution in [0.15, 0.2) is 36.5 Å². The van der Waals surface area contributed by atoms with Gasteiger partial charge in [-0.25, -0.2) is 9.48 Å². The fraction of sp³-hybridized carbons (Fsp3) is 0.286. The van der Waals surface area contributed by atoms with Gasteiger partial charge in [0.25, 0.3) is 0 Å².